The van der Waals surface area contributed by atoms with E-state index in [1.165, 1.54) is 11.6 Å². The molecule has 9 nitrogen and oxygen atoms in total. The molecule has 0 bridgehead atoms. The largest absolute Gasteiger partial charge is 0.444 e. The number of fused-ring (bicyclic) bond motifs is 1. The predicted molar refractivity (Wildman–Crippen MR) is 112 cm³/mol. The lowest BCUT2D eigenvalue weighted by molar-refractivity contribution is 0.0296. The van der Waals surface area contributed by atoms with Gasteiger partial charge in [-0.3, -0.25) is 13.9 Å². The van der Waals surface area contributed by atoms with E-state index < -0.39 is 5.60 Å². The Hall–Kier alpha value is -2.58. The second-order valence-corrected chi connectivity index (χ2v) is 8.53. The maximum atomic E-state index is 12.4. The summed E-state index contributed by atoms with van der Waals surface area (Å²) >= 11 is 0. The highest BCUT2D eigenvalue weighted by atomic mass is 16.6. The van der Waals surface area contributed by atoms with Gasteiger partial charge in [0.2, 0.25) is 0 Å². The van der Waals surface area contributed by atoms with E-state index in [2.05, 4.69) is 4.98 Å². The smallest absolute Gasteiger partial charge is 0.410 e. The minimum atomic E-state index is -0.485. The quantitative estimate of drug-likeness (QED) is 0.654. The van der Waals surface area contributed by atoms with Crippen molar-refractivity contribution in [3.05, 3.63) is 26.7 Å². The molecule has 0 aliphatic rings. The van der Waals surface area contributed by atoms with Crippen LogP contribution in [-0.2, 0) is 32.3 Å². The maximum Gasteiger partial charge on any atom is 0.410 e. The van der Waals surface area contributed by atoms with Crippen LogP contribution < -0.4 is 11.2 Å². The van der Waals surface area contributed by atoms with E-state index >= 15 is 0 Å². The molecule has 0 saturated carbocycles. The SMILES string of the molecule is CN(CCCCCCc1nc2c(c(=O)n(C)c(=O)n2C)n1C)C(=O)OC(C)(C)C. The summed E-state index contributed by atoms with van der Waals surface area (Å²) in [5, 5.41) is 0. The summed E-state index contributed by atoms with van der Waals surface area (Å²) in [7, 11) is 6.66. The molecule has 0 radical (unpaired) electrons. The molecule has 29 heavy (non-hydrogen) atoms. The molecule has 1 amide bonds. The van der Waals surface area contributed by atoms with Crippen LogP contribution in [0.1, 0.15) is 52.3 Å². The summed E-state index contributed by atoms with van der Waals surface area (Å²) in [6, 6.07) is 0. The Balaban J connectivity index is 1.87. The number of aromatic nitrogens is 4. The molecule has 0 saturated heterocycles. The monoisotopic (exact) mass is 407 g/mol. The van der Waals surface area contributed by atoms with Crippen LogP contribution in [0.4, 0.5) is 4.79 Å². The number of unbranched alkanes of at least 4 members (excludes halogenated alkanes) is 3. The first-order valence-corrected chi connectivity index (χ1v) is 9.99. The van der Waals surface area contributed by atoms with Gasteiger partial charge in [-0.05, 0) is 33.6 Å². The third kappa shape index (κ3) is 5.27. The van der Waals surface area contributed by atoms with Gasteiger partial charge in [-0.1, -0.05) is 12.8 Å². The molecular weight excluding hydrogens is 374 g/mol. The van der Waals surface area contributed by atoms with Gasteiger partial charge in [-0.2, -0.15) is 0 Å². The Morgan fingerprint density at radius 3 is 2.24 bits per heavy atom. The van der Waals surface area contributed by atoms with Crippen molar-refractivity contribution < 1.29 is 9.53 Å². The molecule has 0 aliphatic heterocycles. The lowest BCUT2D eigenvalue weighted by atomic mass is 10.1. The minimum Gasteiger partial charge on any atom is -0.444 e. The minimum absolute atomic E-state index is 0.301. The number of aryl methyl sites for hydroxylation is 3. The lowest BCUT2D eigenvalue weighted by Crippen LogP contribution is -2.37. The first-order valence-electron chi connectivity index (χ1n) is 9.99. The van der Waals surface area contributed by atoms with Crippen LogP contribution in [0.15, 0.2) is 9.59 Å². The number of amides is 1. The molecular formula is C20H33N5O4. The number of carbonyl (C=O) groups excluding carboxylic acids is 1. The molecule has 0 spiro atoms. The summed E-state index contributed by atoms with van der Waals surface area (Å²) in [5.74, 6) is 0.796. The third-order valence-corrected chi connectivity index (χ3v) is 4.92. The van der Waals surface area contributed by atoms with Gasteiger partial charge in [-0.15, -0.1) is 0 Å². The van der Waals surface area contributed by atoms with Crippen molar-refractivity contribution in [1.29, 1.82) is 0 Å². The van der Waals surface area contributed by atoms with Crippen molar-refractivity contribution in [2.75, 3.05) is 13.6 Å². The fourth-order valence-corrected chi connectivity index (χ4v) is 3.20. The number of nitrogens with zero attached hydrogens (tertiary/aromatic N) is 5. The summed E-state index contributed by atoms with van der Waals surface area (Å²) in [5.41, 5.74) is -0.310. The van der Waals surface area contributed by atoms with Gasteiger partial charge in [-0.25, -0.2) is 14.6 Å². The Kier molecular flexibility index (Phi) is 6.92. The van der Waals surface area contributed by atoms with E-state index in [1.807, 2.05) is 27.8 Å². The normalized spacial score (nSPS) is 11.8. The molecule has 0 N–H and O–H groups in total. The van der Waals surface area contributed by atoms with Crippen LogP contribution in [0.5, 0.6) is 0 Å². The fourth-order valence-electron chi connectivity index (χ4n) is 3.20. The number of hydrogen-bond donors (Lipinski definition) is 0. The van der Waals surface area contributed by atoms with Gasteiger partial charge in [0, 0.05) is 41.2 Å². The van der Waals surface area contributed by atoms with Gasteiger partial charge in [0.05, 0.1) is 0 Å². The molecule has 0 unspecified atom stereocenters. The molecule has 9 heteroatoms. The zero-order valence-corrected chi connectivity index (χ0v) is 18.6. The fraction of sp³-hybridized carbons (Fsp3) is 0.700. The van der Waals surface area contributed by atoms with E-state index in [0.717, 1.165) is 42.5 Å². The molecule has 0 aliphatic carbocycles. The molecule has 2 aromatic rings. The molecule has 0 aromatic carbocycles. The van der Waals surface area contributed by atoms with Crippen molar-refractivity contribution in [3.8, 4) is 0 Å². The highest BCUT2D eigenvalue weighted by Crippen LogP contribution is 2.13. The van der Waals surface area contributed by atoms with Crippen molar-refractivity contribution in [2.45, 2.75) is 58.5 Å². The van der Waals surface area contributed by atoms with E-state index in [4.69, 9.17) is 4.74 Å². The third-order valence-electron chi connectivity index (χ3n) is 4.92. The van der Waals surface area contributed by atoms with Crippen molar-refractivity contribution in [2.24, 2.45) is 21.1 Å². The Bertz CT molecular complexity index is 993. The molecule has 2 aromatic heterocycles. The highest BCUT2D eigenvalue weighted by Gasteiger charge is 2.19. The van der Waals surface area contributed by atoms with Crippen molar-refractivity contribution in [1.82, 2.24) is 23.6 Å². The first kappa shape index (κ1) is 22.7. The number of imidazole rings is 1. The molecule has 162 valence electrons. The van der Waals surface area contributed by atoms with E-state index in [1.54, 1.807) is 23.6 Å². The first-order chi connectivity index (χ1) is 13.4. The second kappa shape index (κ2) is 8.84. The molecule has 2 rings (SSSR count). The summed E-state index contributed by atoms with van der Waals surface area (Å²) in [4.78, 5) is 42.5. The van der Waals surface area contributed by atoms with Crippen LogP contribution in [-0.4, -0.2) is 48.9 Å². The van der Waals surface area contributed by atoms with Crippen LogP contribution in [0.3, 0.4) is 0 Å². The van der Waals surface area contributed by atoms with Crippen LogP contribution >= 0.6 is 0 Å². The van der Waals surface area contributed by atoms with Gasteiger partial charge in [0.15, 0.2) is 11.2 Å². The zero-order chi connectivity index (χ0) is 21.9. The summed E-state index contributed by atoms with van der Waals surface area (Å²) in [6.07, 6.45) is 4.21. The maximum absolute atomic E-state index is 12.4. The van der Waals surface area contributed by atoms with Crippen molar-refractivity contribution in [3.63, 3.8) is 0 Å². The number of carbonyl (C=O) groups is 1. The number of hydrogen-bond acceptors (Lipinski definition) is 5. The zero-order valence-electron chi connectivity index (χ0n) is 18.6. The standard InChI is InChI=1S/C20H33N5O4/c1-20(2,3)29-19(28)22(4)13-11-9-8-10-12-14-21-16-15(23(14)5)17(26)25(7)18(27)24(16)6/h8-13H2,1-7H3. The highest BCUT2D eigenvalue weighted by molar-refractivity contribution is 5.70. The van der Waals surface area contributed by atoms with Crippen LogP contribution in [0.2, 0.25) is 0 Å². The average molecular weight is 408 g/mol. The topological polar surface area (TPSA) is 91.4 Å². The van der Waals surface area contributed by atoms with Gasteiger partial charge in [0.1, 0.15) is 11.4 Å². The van der Waals surface area contributed by atoms with Crippen LogP contribution in [0, 0.1) is 0 Å². The number of rotatable bonds is 7. The molecule has 0 fully saturated rings. The lowest BCUT2D eigenvalue weighted by Gasteiger charge is -2.24. The van der Waals surface area contributed by atoms with Gasteiger partial charge >= 0.3 is 11.8 Å². The summed E-state index contributed by atoms with van der Waals surface area (Å²) < 4.78 is 9.64. The Labute approximate surface area is 170 Å². The predicted octanol–water partition coefficient (Wildman–Crippen LogP) is 1.94. The van der Waals surface area contributed by atoms with Crippen molar-refractivity contribution >= 4 is 17.3 Å². The van der Waals surface area contributed by atoms with E-state index in [0.29, 0.717) is 17.7 Å². The number of ether oxygens (including phenoxy) is 1. The van der Waals surface area contributed by atoms with Crippen LogP contribution in [0.25, 0.3) is 11.2 Å². The van der Waals surface area contributed by atoms with Gasteiger partial charge < -0.3 is 14.2 Å². The van der Waals surface area contributed by atoms with Gasteiger partial charge in [0.25, 0.3) is 5.56 Å². The average Bonchev–Trinajstić information content (AvgIpc) is 2.96. The second-order valence-electron chi connectivity index (χ2n) is 8.53. The summed E-state index contributed by atoms with van der Waals surface area (Å²) in [6.45, 7) is 6.22. The molecule has 2 heterocycles. The Morgan fingerprint density at radius 1 is 1.00 bits per heavy atom. The molecule has 0 atom stereocenters. The van der Waals surface area contributed by atoms with E-state index in [-0.39, 0.29) is 17.3 Å². The van der Waals surface area contributed by atoms with E-state index in [9.17, 15) is 14.4 Å². The Morgan fingerprint density at radius 2 is 1.62 bits per heavy atom.